The molecule has 0 spiro atoms. The van der Waals surface area contributed by atoms with Crippen molar-refractivity contribution in [3.8, 4) is 5.75 Å². The van der Waals surface area contributed by atoms with E-state index in [2.05, 4.69) is 5.32 Å². The van der Waals surface area contributed by atoms with Gasteiger partial charge in [-0.25, -0.2) is 4.39 Å². The molecule has 1 aliphatic carbocycles. The molecule has 1 aromatic carbocycles. The number of aliphatic hydroxyl groups is 1. The highest BCUT2D eigenvalue weighted by molar-refractivity contribution is 5.78. The summed E-state index contributed by atoms with van der Waals surface area (Å²) in [7, 11) is 1.41. The SMILES string of the molecule is COc1ccc(CC(=O)NC2CCC(O)CC2)cc1F. The first kappa shape index (κ1) is 14.8. The van der Waals surface area contributed by atoms with E-state index in [-0.39, 0.29) is 30.2 Å². The van der Waals surface area contributed by atoms with Gasteiger partial charge in [0.15, 0.2) is 11.6 Å². The quantitative estimate of drug-likeness (QED) is 0.884. The Morgan fingerprint density at radius 2 is 2.10 bits per heavy atom. The fourth-order valence-electron chi connectivity index (χ4n) is 2.50. The minimum atomic E-state index is -0.460. The van der Waals surface area contributed by atoms with Crippen LogP contribution in [0.25, 0.3) is 0 Å². The van der Waals surface area contributed by atoms with E-state index in [0.29, 0.717) is 5.56 Å². The van der Waals surface area contributed by atoms with Crippen molar-refractivity contribution < 1.29 is 19.0 Å². The van der Waals surface area contributed by atoms with Gasteiger partial charge in [-0.05, 0) is 43.4 Å². The second-order valence-corrected chi connectivity index (χ2v) is 5.22. The van der Waals surface area contributed by atoms with Crippen molar-refractivity contribution >= 4 is 5.91 Å². The summed E-state index contributed by atoms with van der Waals surface area (Å²) in [4.78, 5) is 11.9. The van der Waals surface area contributed by atoms with Crippen molar-refractivity contribution in [3.63, 3.8) is 0 Å². The summed E-state index contributed by atoms with van der Waals surface area (Å²) in [5.41, 5.74) is 0.622. The topological polar surface area (TPSA) is 58.6 Å². The Bertz CT molecular complexity index is 470. The molecule has 1 saturated carbocycles. The van der Waals surface area contributed by atoms with Gasteiger partial charge in [0.2, 0.25) is 5.91 Å². The first-order chi connectivity index (χ1) is 9.58. The Hall–Kier alpha value is -1.62. The van der Waals surface area contributed by atoms with Crippen molar-refractivity contribution in [2.75, 3.05) is 7.11 Å². The molecule has 0 aromatic heterocycles. The number of amides is 1. The van der Waals surface area contributed by atoms with Crippen LogP contribution < -0.4 is 10.1 Å². The summed E-state index contributed by atoms with van der Waals surface area (Å²) < 4.78 is 18.4. The molecule has 0 unspecified atom stereocenters. The third kappa shape index (κ3) is 3.93. The molecule has 1 aromatic rings. The number of carbonyl (C=O) groups excluding carboxylic acids is 1. The maximum atomic E-state index is 13.5. The lowest BCUT2D eigenvalue weighted by atomic mass is 9.93. The number of carbonyl (C=O) groups is 1. The van der Waals surface area contributed by atoms with E-state index in [1.54, 1.807) is 6.07 Å². The zero-order chi connectivity index (χ0) is 14.5. The Labute approximate surface area is 117 Å². The fraction of sp³-hybridized carbons (Fsp3) is 0.533. The van der Waals surface area contributed by atoms with E-state index in [4.69, 9.17) is 4.74 Å². The number of halogens is 1. The van der Waals surface area contributed by atoms with E-state index in [9.17, 15) is 14.3 Å². The molecule has 20 heavy (non-hydrogen) atoms. The zero-order valence-corrected chi connectivity index (χ0v) is 11.6. The summed E-state index contributed by atoms with van der Waals surface area (Å²) in [5, 5.41) is 12.3. The molecule has 1 amide bonds. The molecule has 0 aliphatic heterocycles. The average molecular weight is 281 g/mol. The third-order valence-electron chi connectivity index (χ3n) is 3.64. The molecule has 0 radical (unpaired) electrons. The van der Waals surface area contributed by atoms with E-state index < -0.39 is 5.82 Å². The Balaban J connectivity index is 1.86. The van der Waals surface area contributed by atoms with Crippen LogP contribution in [0.3, 0.4) is 0 Å². The van der Waals surface area contributed by atoms with Crippen LogP contribution in [0.5, 0.6) is 5.75 Å². The Morgan fingerprint density at radius 1 is 1.40 bits per heavy atom. The van der Waals surface area contributed by atoms with Crippen molar-refractivity contribution in [1.29, 1.82) is 0 Å². The van der Waals surface area contributed by atoms with Crippen LogP contribution >= 0.6 is 0 Å². The molecule has 0 atom stereocenters. The van der Waals surface area contributed by atoms with Gasteiger partial charge >= 0.3 is 0 Å². The van der Waals surface area contributed by atoms with Gasteiger partial charge in [0.05, 0.1) is 19.6 Å². The largest absolute Gasteiger partial charge is 0.494 e. The lowest BCUT2D eigenvalue weighted by molar-refractivity contribution is -0.121. The molecular weight excluding hydrogens is 261 g/mol. The third-order valence-corrected chi connectivity index (χ3v) is 3.64. The van der Waals surface area contributed by atoms with Crippen LogP contribution in [0.4, 0.5) is 4.39 Å². The number of hydrogen-bond donors (Lipinski definition) is 2. The molecule has 1 fully saturated rings. The van der Waals surface area contributed by atoms with Crippen LogP contribution in [0.15, 0.2) is 18.2 Å². The number of rotatable bonds is 4. The van der Waals surface area contributed by atoms with Crippen molar-refractivity contribution in [3.05, 3.63) is 29.6 Å². The molecule has 5 heteroatoms. The summed E-state index contributed by atoms with van der Waals surface area (Å²) in [6.45, 7) is 0. The van der Waals surface area contributed by atoms with Crippen LogP contribution in [0.2, 0.25) is 0 Å². The van der Waals surface area contributed by atoms with E-state index >= 15 is 0 Å². The number of methoxy groups -OCH3 is 1. The number of ether oxygens (including phenoxy) is 1. The predicted molar refractivity (Wildman–Crippen MR) is 73.1 cm³/mol. The van der Waals surface area contributed by atoms with Gasteiger partial charge in [-0.1, -0.05) is 6.07 Å². The van der Waals surface area contributed by atoms with Crippen LogP contribution in [-0.4, -0.2) is 30.3 Å². The van der Waals surface area contributed by atoms with Gasteiger partial charge in [-0.15, -0.1) is 0 Å². The normalized spacial score (nSPS) is 22.4. The Kier molecular flexibility index (Phi) is 4.95. The first-order valence-corrected chi connectivity index (χ1v) is 6.88. The zero-order valence-electron chi connectivity index (χ0n) is 11.6. The van der Waals surface area contributed by atoms with Crippen molar-refractivity contribution in [2.24, 2.45) is 0 Å². The molecule has 1 aliphatic rings. The molecule has 2 rings (SSSR count). The first-order valence-electron chi connectivity index (χ1n) is 6.88. The molecule has 0 bridgehead atoms. The van der Waals surface area contributed by atoms with Gasteiger partial charge in [-0.3, -0.25) is 4.79 Å². The van der Waals surface area contributed by atoms with Gasteiger partial charge in [0.25, 0.3) is 0 Å². The van der Waals surface area contributed by atoms with Crippen LogP contribution in [0, 0.1) is 5.82 Å². The van der Waals surface area contributed by atoms with Crippen LogP contribution in [-0.2, 0) is 11.2 Å². The lowest BCUT2D eigenvalue weighted by Gasteiger charge is -2.26. The summed E-state index contributed by atoms with van der Waals surface area (Å²) in [6.07, 6.45) is 2.96. The highest BCUT2D eigenvalue weighted by atomic mass is 19.1. The number of nitrogens with one attached hydrogen (secondary N) is 1. The van der Waals surface area contributed by atoms with Gasteiger partial charge in [0.1, 0.15) is 0 Å². The molecule has 4 nitrogen and oxygen atoms in total. The minimum absolute atomic E-state index is 0.115. The summed E-state index contributed by atoms with van der Waals surface area (Å²) in [5.74, 6) is -0.398. The maximum Gasteiger partial charge on any atom is 0.224 e. The number of benzene rings is 1. The van der Waals surface area contributed by atoms with Gasteiger partial charge < -0.3 is 15.2 Å². The molecule has 0 heterocycles. The monoisotopic (exact) mass is 281 g/mol. The predicted octanol–water partition coefficient (Wildman–Crippen LogP) is 1.80. The van der Waals surface area contributed by atoms with Gasteiger partial charge in [0, 0.05) is 6.04 Å². The molecular formula is C15H20FNO3. The van der Waals surface area contributed by atoms with E-state index in [1.807, 2.05) is 0 Å². The lowest BCUT2D eigenvalue weighted by Crippen LogP contribution is -2.39. The molecule has 0 saturated heterocycles. The van der Waals surface area contributed by atoms with Crippen molar-refractivity contribution in [1.82, 2.24) is 5.32 Å². The highest BCUT2D eigenvalue weighted by Crippen LogP contribution is 2.20. The second kappa shape index (κ2) is 6.70. The van der Waals surface area contributed by atoms with Crippen LogP contribution in [0.1, 0.15) is 31.2 Å². The summed E-state index contributed by atoms with van der Waals surface area (Å²) >= 11 is 0. The average Bonchev–Trinajstić information content (AvgIpc) is 2.41. The number of aliphatic hydroxyl groups excluding tert-OH is 1. The minimum Gasteiger partial charge on any atom is -0.494 e. The van der Waals surface area contributed by atoms with Gasteiger partial charge in [-0.2, -0.15) is 0 Å². The highest BCUT2D eigenvalue weighted by Gasteiger charge is 2.20. The second-order valence-electron chi connectivity index (χ2n) is 5.22. The summed E-state index contributed by atoms with van der Waals surface area (Å²) in [6, 6.07) is 4.65. The maximum absolute atomic E-state index is 13.5. The number of hydrogen-bond acceptors (Lipinski definition) is 3. The molecule has 110 valence electrons. The smallest absolute Gasteiger partial charge is 0.224 e. The Morgan fingerprint density at radius 3 is 2.70 bits per heavy atom. The van der Waals surface area contributed by atoms with Crippen molar-refractivity contribution in [2.45, 2.75) is 44.2 Å². The molecule has 2 N–H and O–H groups in total. The van der Waals surface area contributed by atoms with E-state index in [1.165, 1.54) is 19.2 Å². The standard InChI is InChI=1S/C15H20FNO3/c1-20-14-7-2-10(8-13(14)16)9-15(19)17-11-3-5-12(18)6-4-11/h2,7-8,11-12,18H,3-6,9H2,1H3,(H,17,19). The fourth-order valence-corrected chi connectivity index (χ4v) is 2.50. The van der Waals surface area contributed by atoms with E-state index in [0.717, 1.165) is 25.7 Å².